The smallest absolute Gasteiger partial charge is 0.191 e. The summed E-state index contributed by atoms with van der Waals surface area (Å²) in [5.74, 6) is 0.658. The Balaban J connectivity index is 3.96. The van der Waals surface area contributed by atoms with E-state index in [-0.39, 0.29) is 0 Å². The first kappa shape index (κ1) is 12.3. The zero-order valence-electron chi connectivity index (χ0n) is 9.38. The van der Waals surface area contributed by atoms with Crippen LogP contribution in [0.15, 0.2) is 4.99 Å². The Morgan fingerprint density at radius 2 is 2.00 bits per heavy atom. The van der Waals surface area contributed by atoms with Gasteiger partial charge in [0, 0.05) is 19.6 Å². The minimum Gasteiger partial charge on any atom is -0.370 e. The van der Waals surface area contributed by atoms with E-state index in [0.717, 1.165) is 6.54 Å². The SMILES string of the molecule is CCCCCN(C(N)=NC)C(C)C. The molecule has 0 atom stereocenters. The predicted octanol–water partition coefficient (Wildman–Crippen LogP) is 1.83. The highest BCUT2D eigenvalue weighted by Crippen LogP contribution is 2.02. The van der Waals surface area contributed by atoms with Crippen molar-refractivity contribution in [2.45, 2.75) is 46.1 Å². The monoisotopic (exact) mass is 185 g/mol. The van der Waals surface area contributed by atoms with E-state index in [1.165, 1.54) is 19.3 Å². The third-order valence-electron chi connectivity index (χ3n) is 2.15. The lowest BCUT2D eigenvalue weighted by Gasteiger charge is -2.27. The van der Waals surface area contributed by atoms with Gasteiger partial charge in [0.15, 0.2) is 5.96 Å². The number of guanidine groups is 1. The third kappa shape index (κ3) is 4.76. The fourth-order valence-corrected chi connectivity index (χ4v) is 1.30. The van der Waals surface area contributed by atoms with Crippen LogP contribution in [-0.4, -0.2) is 30.5 Å². The molecule has 0 spiro atoms. The van der Waals surface area contributed by atoms with Gasteiger partial charge in [-0.3, -0.25) is 4.99 Å². The number of hydrogen-bond acceptors (Lipinski definition) is 1. The van der Waals surface area contributed by atoms with E-state index >= 15 is 0 Å². The standard InChI is InChI=1S/C10H23N3/c1-5-6-7-8-13(9(2)3)10(11)12-4/h9H,5-8H2,1-4H3,(H2,11,12). The fourth-order valence-electron chi connectivity index (χ4n) is 1.30. The first-order chi connectivity index (χ1) is 6.13. The van der Waals surface area contributed by atoms with Gasteiger partial charge in [-0.05, 0) is 20.3 Å². The second-order valence-corrected chi connectivity index (χ2v) is 3.58. The molecule has 3 nitrogen and oxygen atoms in total. The van der Waals surface area contributed by atoms with Crippen molar-refractivity contribution in [2.75, 3.05) is 13.6 Å². The zero-order valence-corrected chi connectivity index (χ0v) is 9.38. The highest BCUT2D eigenvalue weighted by atomic mass is 15.3. The lowest BCUT2D eigenvalue weighted by molar-refractivity contribution is 0.336. The van der Waals surface area contributed by atoms with Crippen LogP contribution in [0, 0.1) is 0 Å². The molecule has 78 valence electrons. The second-order valence-electron chi connectivity index (χ2n) is 3.58. The average molecular weight is 185 g/mol. The number of hydrogen-bond donors (Lipinski definition) is 1. The fraction of sp³-hybridized carbons (Fsp3) is 0.900. The summed E-state index contributed by atoms with van der Waals surface area (Å²) in [6.07, 6.45) is 3.71. The summed E-state index contributed by atoms with van der Waals surface area (Å²) in [5.41, 5.74) is 5.78. The Kier molecular flexibility index (Phi) is 6.37. The van der Waals surface area contributed by atoms with E-state index in [0.29, 0.717) is 12.0 Å². The van der Waals surface area contributed by atoms with Gasteiger partial charge < -0.3 is 10.6 Å². The molecule has 2 N–H and O–H groups in total. The summed E-state index contributed by atoms with van der Waals surface area (Å²) in [6, 6.07) is 0.445. The highest BCUT2D eigenvalue weighted by Gasteiger charge is 2.09. The molecular weight excluding hydrogens is 162 g/mol. The van der Waals surface area contributed by atoms with Crippen molar-refractivity contribution in [3.05, 3.63) is 0 Å². The van der Waals surface area contributed by atoms with Crippen molar-refractivity contribution < 1.29 is 0 Å². The van der Waals surface area contributed by atoms with Crippen LogP contribution in [-0.2, 0) is 0 Å². The summed E-state index contributed by atoms with van der Waals surface area (Å²) in [4.78, 5) is 6.16. The van der Waals surface area contributed by atoms with Gasteiger partial charge in [0.25, 0.3) is 0 Å². The quantitative estimate of drug-likeness (QED) is 0.403. The maximum Gasteiger partial charge on any atom is 0.191 e. The molecule has 0 bridgehead atoms. The predicted molar refractivity (Wildman–Crippen MR) is 58.9 cm³/mol. The van der Waals surface area contributed by atoms with Crippen LogP contribution in [0.4, 0.5) is 0 Å². The van der Waals surface area contributed by atoms with E-state index in [4.69, 9.17) is 5.73 Å². The van der Waals surface area contributed by atoms with Crippen LogP contribution in [0.5, 0.6) is 0 Å². The number of nitrogens with two attached hydrogens (primary N) is 1. The molecule has 0 aliphatic carbocycles. The molecular formula is C10H23N3. The van der Waals surface area contributed by atoms with Gasteiger partial charge in [-0.25, -0.2) is 0 Å². The van der Waals surface area contributed by atoms with Crippen molar-refractivity contribution >= 4 is 5.96 Å². The first-order valence-electron chi connectivity index (χ1n) is 5.12. The summed E-state index contributed by atoms with van der Waals surface area (Å²) in [7, 11) is 1.74. The molecule has 3 heteroatoms. The normalized spacial score (nSPS) is 12.2. The molecule has 0 radical (unpaired) electrons. The maximum atomic E-state index is 5.78. The van der Waals surface area contributed by atoms with Crippen LogP contribution in [0.1, 0.15) is 40.0 Å². The lowest BCUT2D eigenvalue weighted by atomic mass is 10.2. The average Bonchev–Trinajstić information content (AvgIpc) is 2.11. The van der Waals surface area contributed by atoms with Gasteiger partial charge in [-0.15, -0.1) is 0 Å². The van der Waals surface area contributed by atoms with E-state index in [9.17, 15) is 0 Å². The minimum absolute atomic E-state index is 0.445. The molecule has 0 aromatic carbocycles. The van der Waals surface area contributed by atoms with Crippen LogP contribution in [0.3, 0.4) is 0 Å². The third-order valence-corrected chi connectivity index (χ3v) is 2.15. The van der Waals surface area contributed by atoms with E-state index in [1.807, 2.05) is 0 Å². The van der Waals surface area contributed by atoms with E-state index in [2.05, 4.69) is 30.7 Å². The summed E-state index contributed by atoms with van der Waals surface area (Å²) in [5, 5.41) is 0. The molecule has 0 aromatic rings. The van der Waals surface area contributed by atoms with Gasteiger partial charge in [-0.1, -0.05) is 19.8 Å². The van der Waals surface area contributed by atoms with Crippen LogP contribution >= 0.6 is 0 Å². The largest absolute Gasteiger partial charge is 0.370 e. The molecule has 0 saturated heterocycles. The van der Waals surface area contributed by atoms with Crippen molar-refractivity contribution in [1.82, 2.24) is 4.90 Å². The van der Waals surface area contributed by atoms with Crippen LogP contribution in [0.2, 0.25) is 0 Å². The first-order valence-corrected chi connectivity index (χ1v) is 5.12. The molecule has 0 saturated carbocycles. The summed E-state index contributed by atoms with van der Waals surface area (Å²) in [6.45, 7) is 7.51. The Bertz CT molecular complexity index is 152. The lowest BCUT2D eigenvalue weighted by Crippen LogP contribution is -2.42. The number of aliphatic imine (C=N–C) groups is 1. The highest BCUT2D eigenvalue weighted by molar-refractivity contribution is 5.78. The maximum absolute atomic E-state index is 5.78. The number of rotatable bonds is 5. The van der Waals surface area contributed by atoms with E-state index in [1.54, 1.807) is 7.05 Å². The minimum atomic E-state index is 0.445. The zero-order chi connectivity index (χ0) is 10.3. The van der Waals surface area contributed by atoms with Crippen molar-refractivity contribution in [3.8, 4) is 0 Å². The Hall–Kier alpha value is -0.730. The Labute approximate surface area is 82.0 Å². The topological polar surface area (TPSA) is 41.6 Å². The van der Waals surface area contributed by atoms with Crippen molar-refractivity contribution in [3.63, 3.8) is 0 Å². The van der Waals surface area contributed by atoms with Gasteiger partial charge in [0.2, 0.25) is 0 Å². The molecule has 0 rings (SSSR count). The molecule has 0 unspecified atom stereocenters. The van der Waals surface area contributed by atoms with Gasteiger partial charge >= 0.3 is 0 Å². The molecule has 0 aliphatic heterocycles. The molecule has 13 heavy (non-hydrogen) atoms. The van der Waals surface area contributed by atoms with Gasteiger partial charge in [0.05, 0.1) is 0 Å². The van der Waals surface area contributed by atoms with Crippen LogP contribution in [0.25, 0.3) is 0 Å². The number of unbranched alkanes of at least 4 members (excludes halogenated alkanes) is 2. The molecule has 0 amide bonds. The molecule has 0 aliphatic rings. The van der Waals surface area contributed by atoms with Gasteiger partial charge in [0.1, 0.15) is 0 Å². The van der Waals surface area contributed by atoms with Gasteiger partial charge in [-0.2, -0.15) is 0 Å². The van der Waals surface area contributed by atoms with Crippen molar-refractivity contribution in [1.29, 1.82) is 0 Å². The molecule has 0 aromatic heterocycles. The van der Waals surface area contributed by atoms with E-state index < -0.39 is 0 Å². The Morgan fingerprint density at radius 3 is 2.38 bits per heavy atom. The number of nitrogens with zero attached hydrogens (tertiary/aromatic N) is 2. The summed E-state index contributed by atoms with van der Waals surface area (Å²) < 4.78 is 0. The Morgan fingerprint density at radius 1 is 1.38 bits per heavy atom. The molecule has 0 heterocycles. The van der Waals surface area contributed by atoms with Crippen LogP contribution < -0.4 is 5.73 Å². The van der Waals surface area contributed by atoms with Crippen molar-refractivity contribution in [2.24, 2.45) is 10.7 Å². The molecule has 0 fully saturated rings. The summed E-state index contributed by atoms with van der Waals surface area (Å²) >= 11 is 0. The second kappa shape index (κ2) is 6.75.